The Morgan fingerprint density at radius 3 is 2.87 bits per heavy atom. The number of aromatic amines is 1. The fourth-order valence-electron chi connectivity index (χ4n) is 5.74. The predicted molar refractivity (Wildman–Crippen MR) is 141 cm³/mol. The molecule has 0 bridgehead atoms. The molecule has 2 unspecified atom stereocenters. The molecule has 11 heteroatoms. The van der Waals surface area contributed by atoms with Gasteiger partial charge in [-0.25, -0.2) is 4.98 Å². The van der Waals surface area contributed by atoms with Crippen molar-refractivity contribution in [2.75, 3.05) is 0 Å². The number of fused-ring (bicyclic) bond motifs is 2. The summed E-state index contributed by atoms with van der Waals surface area (Å²) in [7, 11) is 0. The Morgan fingerprint density at radius 1 is 1.08 bits per heavy atom. The number of carbonyl (C=O) groups is 1. The van der Waals surface area contributed by atoms with Gasteiger partial charge in [0, 0.05) is 28.8 Å². The highest BCUT2D eigenvalue weighted by Gasteiger charge is 2.29. The first-order chi connectivity index (χ1) is 18.5. The van der Waals surface area contributed by atoms with E-state index in [0.717, 1.165) is 65.3 Å². The van der Waals surface area contributed by atoms with Crippen molar-refractivity contribution in [3.05, 3.63) is 93.2 Å². The number of nitrogens with zero attached hydrogens (tertiary/aromatic N) is 6. The smallest absolute Gasteiger partial charge is 0.252 e. The summed E-state index contributed by atoms with van der Waals surface area (Å²) < 4.78 is 3.39. The SMILES string of the molecule is O=C1CCC2=CC(c3cnc(C4CCc5cc(-c6cc(Cl)ccc6-n6cnnn6)cc(=O)n54)[nH]3)=CCC2N1. The second kappa shape index (κ2) is 8.91. The minimum atomic E-state index is -0.169. The standard InChI is InChI=1S/C27H23ClN8O2/c28-18-3-6-23(35-14-30-33-34-35)20(12-18)17-10-19-4-7-24(36(19)26(38)11-17)27-29-13-22(32-27)16-1-5-21-15(9-16)2-8-25(37)31-21/h1,3,6,9-14,21,24H,2,4-5,7-8H2,(H,29,32)(H,31,37). The molecule has 5 heterocycles. The third kappa shape index (κ3) is 3.88. The molecule has 38 heavy (non-hydrogen) atoms. The number of hydrogen-bond acceptors (Lipinski definition) is 6. The maximum atomic E-state index is 13.4. The predicted octanol–water partition coefficient (Wildman–Crippen LogP) is 3.40. The Labute approximate surface area is 222 Å². The average molecular weight is 527 g/mol. The van der Waals surface area contributed by atoms with Gasteiger partial charge in [-0.05, 0) is 77.1 Å². The summed E-state index contributed by atoms with van der Waals surface area (Å²) in [5, 5.41) is 15.1. The van der Waals surface area contributed by atoms with Crippen LogP contribution in [-0.2, 0) is 11.2 Å². The van der Waals surface area contributed by atoms with Gasteiger partial charge in [-0.2, -0.15) is 4.68 Å². The average Bonchev–Trinajstić information content (AvgIpc) is 3.69. The molecule has 2 N–H and O–H groups in total. The van der Waals surface area contributed by atoms with Crippen LogP contribution < -0.4 is 10.9 Å². The van der Waals surface area contributed by atoms with E-state index >= 15 is 0 Å². The number of aryl methyl sites for hydroxylation is 1. The van der Waals surface area contributed by atoms with Crippen LogP contribution in [-0.4, -0.2) is 46.7 Å². The molecule has 1 aromatic carbocycles. The number of tetrazole rings is 1. The number of pyridine rings is 1. The molecule has 1 amide bonds. The number of piperidine rings is 1. The summed E-state index contributed by atoms with van der Waals surface area (Å²) in [4.78, 5) is 33.3. The first-order valence-electron chi connectivity index (χ1n) is 12.6. The lowest BCUT2D eigenvalue weighted by atomic mass is 9.88. The molecule has 0 spiro atoms. The zero-order valence-electron chi connectivity index (χ0n) is 20.3. The third-order valence-corrected chi connectivity index (χ3v) is 7.79. The molecule has 2 aliphatic heterocycles. The molecule has 0 radical (unpaired) electrons. The maximum Gasteiger partial charge on any atom is 0.252 e. The number of aromatic nitrogens is 7. The molecule has 3 aliphatic rings. The van der Waals surface area contributed by atoms with Crippen LogP contribution in [0.25, 0.3) is 22.4 Å². The number of carbonyl (C=O) groups excluding carboxylic acids is 1. The molecule has 4 aromatic rings. The van der Waals surface area contributed by atoms with Gasteiger partial charge < -0.3 is 14.9 Å². The van der Waals surface area contributed by atoms with Crippen LogP contribution in [0.2, 0.25) is 5.02 Å². The number of nitrogens with one attached hydrogen (secondary N) is 2. The van der Waals surface area contributed by atoms with Crippen molar-refractivity contribution in [1.29, 1.82) is 0 Å². The minimum absolute atomic E-state index is 0.0951. The van der Waals surface area contributed by atoms with Crippen molar-refractivity contribution in [3.8, 4) is 16.8 Å². The lowest BCUT2D eigenvalue weighted by Gasteiger charge is -2.28. The number of hydrogen-bond donors (Lipinski definition) is 2. The molecular formula is C27H23ClN8O2. The van der Waals surface area contributed by atoms with Crippen molar-refractivity contribution < 1.29 is 4.79 Å². The Kier molecular flexibility index (Phi) is 5.36. The Morgan fingerprint density at radius 2 is 2.00 bits per heavy atom. The minimum Gasteiger partial charge on any atom is -0.349 e. The molecule has 10 nitrogen and oxygen atoms in total. The number of rotatable bonds is 4. The van der Waals surface area contributed by atoms with E-state index in [0.29, 0.717) is 11.4 Å². The molecule has 7 rings (SSSR count). The zero-order valence-corrected chi connectivity index (χ0v) is 21.0. The van der Waals surface area contributed by atoms with Crippen molar-refractivity contribution >= 4 is 23.1 Å². The van der Waals surface area contributed by atoms with Crippen molar-refractivity contribution in [1.82, 2.24) is 40.1 Å². The van der Waals surface area contributed by atoms with E-state index in [1.54, 1.807) is 16.8 Å². The lowest BCUT2D eigenvalue weighted by Crippen LogP contribution is -2.40. The van der Waals surface area contributed by atoms with Crippen LogP contribution in [0.5, 0.6) is 0 Å². The van der Waals surface area contributed by atoms with Crippen molar-refractivity contribution in [2.24, 2.45) is 0 Å². The molecule has 1 saturated heterocycles. The van der Waals surface area contributed by atoms with Gasteiger partial charge in [-0.1, -0.05) is 23.8 Å². The molecule has 2 atom stereocenters. The molecule has 190 valence electrons. The molecular weight excluding hydrogens is 504 g/mol. The maximum absolute atomic E-state index is 13.4. The number of imidazole rings is 1. The van der Waals surface area contributed by atoms with Crippen LogP contribution in [0.4, 0.5) is 0 Å². The van der Waals surface area contributed by atoms with Crippen molar-refractivity contribution in [3.63, 3.8) is 0 Å². The third-order valence-electron chi connectivity index (χ3n) is 7.56. The van der Waals surface area contributed by atoms with Gasteiger partial charge in [0.05, 0.1) is 29.7 Å². The van der Waals surface area contributed by atoms with Crippen LogP contribution in [0, 0.1) is 0 Å². The van der Waals surface area contributed by atoms with E-state index in [-0.39, 0.29) is 23.6 Å². The highest BCUT2D eigenvalue weighted by Crippen LogP contribution is 2.35. The van der Waals surface area contributed by atoms with E-state index in [4.69, 9.17) is 11.6 Å². The highest BCUT2D eigenvalue weighted by atomic mass is 35.5. The molecule has 3 aromatic heterocycles. The molecule has 0 saturated carbocycles. The Balaban J connectivity index is 1.20. The van der Waals surface area contributed by atoms with Gasteiger partial charge in [0.25, 0.3) is 5.56 Å². The monoisotopic (exact) mass is 526 g/mol. The quantitative estimate of drug-likeness (QED) is 0.420. The summed E-state index contributed by atoms with van der Waals surface area (Å²) in [6.45, 7) is 0. The van der Waals surface area contributed by atoms with Crippen LogP contribution in [0.1, 0.15) is 48.9 Å². The Hall–Kier alpha value is -4.31. The van der Waals surface area contributed by atoms with Crippen LogP contribution in [0.15, 0.2) is 65.4 Å². The molecule has 1 aliphatic carbocycles. The van der Waals surface area contributed by atoms with E-state index in [2.05, 4.69) is 43.0 Å². The second-order valence-electron chi connectivity index (χ2n) is 9.83. The normalized spacial score (nSPS) is 20.4. The van der Waals surface area contributed by atoms with Crippen molar-refractivity contribution in [2.45, 2.75) is 44.2 Å². The summed E-state index contributed by atoms with van der Waals surface area (Å²) in [5.74, 6) is 0.882. The van der Waals surface area contributed by atoms with Gasteiger partial charge in [-0.15, -0.1) is 5.10 Å². The van der Waals surface area contributed by atoms with E-state index < -0.39 is 0 Å². The number of benzene rings is 1. The summed E-state index contributed by atoms with van der Waals surface area (Å²) in [5.41, 5.74) is 6.37. The zero-order chi connectivity index (χ0) is 25.8. The first-order valence-corrected chi connectivity index (χ1v) is 13.0. The topological polar surface area (TPSA) is 123 Å². The van der Waals surface area contributed by atoms with E-state index in [1.807, 2.05) is 29.0 Å². The number of allylic oxidation sites excluding steroid dienone is 2. The van der Waals surface area contributed by atoms with Gasteiger partial charge in [-0.3, -0.25) is 9.59 Å². The second-order valence-corrected chi connectivity index (χ2v) is 10.3. The van der Waals surface area contributed by atoms with E-state index in [1.165, 1.54) is 11.9 Å². The van der Waals surface area contributed by atoms with E-state index in [9.17, 15) is 9.59 Å². The fraction of sp³-hybridized carbons (Fsp3) is 0.259. The largest absolute Gasteiger partial charge is 0.349 e. The molecule has 1 fully saturated rings. The summed E-state index contributed by atoms with van der Waals surface area (Å²) in [6.07, 6.45) is 11.2. The highest BCUT2D eigenvalue weighted by molar-refractivity contribution is 6.31. The number of halogens is 1. The fourth-order valence-corrected chi connectivity index (χ4v) is 5.91. The Bertz CT molecular complexity index is 1700. The summed E-state index contributed by atoms with van der Waals surface area (Å²) in [6, 6.07) is 9.03. The van der Waals surface area contributed by atoms with Crippen LogP contribution >= 0.6 is 11.6 Å². The van der Waals surface area contributed by atoms with Gasteiger partial charge in [0.1, 0.15) is 12.2 Å². The van der Waals surface area contributed by atoms with Gasteiger partial charge in [0.15, 0.2) is 0 Å². The lowest BCUT2D eigenvalue weighted by molar-refractivity contribution is -0.122. The summed E-state index contributed by atoms with van der Waals surface area (Å²) >= 11 is 6.32. The number of H-pyrrole nitrogens is 1. The van der Waals surface area contributed by atoms with Crippen LogP contribution in [0.3, 0.4) is 0 Å². The first kappa shape index (κ1) is 22.9. The number of amides is 1. The van der Waals surface area contributed by atoms with Gasteiger partial charge >= 0.3 is 0 Å². The van der Waals surface area contributed by atoms with Gasteiger partial charge in [0.2, 0.25) is 5.91 Å².